The summed E-state index contributed by atoms with van der Waals surface area (Å²) in [7, 11) is 1.69. The van der Waals surface area contributed by atoms with Crippen LogP contribution in [0.25, 0.3) is 10.9 Å². The normalized spacial score (nSPS) is 24.0. The van der Waals surface area contributed by atoms with Gasteiger partial charge in [0.05, 0.1) is 12.6 Å². The molecular weight excluding hydrogens is 300 g/mol. The van der Waals surface area contributed by atoms with E-state index in [0.717, 1.165) is 42.5 Å². The molecule has 0 saturated carbocycles. The third-order valence-corrected chi connectivity index (χ3v) is 5.14. The van der Waals surface area contributed by atoms with Crippen molar-refractivity contribution in [3.8, 4) is 5.75 Å². The van der Waals surface area contributed by atoms with Gasteiger partial charge >= 0.3 is 0 Å². The fraction of sp³-hybridized carbons (Fsp3) is 0.450. The van der Waals surface area contributed by atoms with Crippen LogP contribution in [0, 0.1) is 11.8 Å². The summed E-state index contributed by atoms with van der Waals surface area (Å²) in [6.45, 7) is 5.12. The number of ether oxygens (including phenoxy) is 1. The number of fused-ring (bicyclic) bond motifs is 1. The van der Waals surface area contributed by atoms with E-state index in [1.807, 2.05) is 24.4 Å². The summed E-state index contributed by atoms with van der Waals surface area (Å²) in [6.07, 6.45) is 6.77. The van der Waals surface area contributed by atoms with Gasteiger partial charge in [-0.2, -0.15) is 0 Å². The highest BCUT2D eigenvalue weighted by atomic mass is 16.5. The van der Waals surface area contributed by atoms with Crippen LogP contribution >= 0.6 is 0 Å². The highest BCUT2D eigenvalue weighted by Gasteiger charge is 2.28. The third kappa shape index (κ3) is 3.60. The largest absolute Gasteiger partial charge is 0.497 e. The average molecular weight is 326 g/mol. The summed E-state index contributed by atoms with van der Waals surface area (Å²) in [4.78, 5) is 4.46. The Morgan fingerprint density at radius 1 is 1.42 bits per heavy atom. The highest BCUT2D eigenvalue weighted by molar-refractivity contribution is 5.83. The molecule has 0 unspecified atom stereocenters. The van der Waals surface area contributed by atoms with Crippen molar-refractivity contribution in [3.63, 3.8) is 0 Å². The predicted molar refractivity (Wildman–Crippen MR) is 97.3 cm³/mol. The number of pyridine rings is 1. The molecule has 128 valence electrons. The molecule has 24 heavy (non-hydrogen) atoms. The second-order valence-corrected chi connectivity index (χ2v) is 6.57. The monoisotopic (exact) mass is 326 g/mol. The lowest BCUT2D eigenvalue weighted by atomic mass is 9.79. The topological polar surface area (TPSA) is 54.4 Å². The first-order valence-corrected chi connectivity index (χ1v) is 8.63. The number of nitrogens with zero attached hydrogens (tertiary/aromatic N) is 1. The van der Waals surface area contributed by atoms with Crippen molar-refractivity contribution in [1.29, 1.82) is 0 Å². The first-order chi connectivity index (χ1) is 11.7. The first-order valence-electron chi connectivity index (χ1n) is 8.63. The molecule has 1 aromatic heterocycles. The van der Waals surface area contributed by atoms with Crippen molar-refractivity contribution in [2.75, 3.05) is 20.3 Å². The Kier molecular flexibility index (Phi) is 5.48. The zero-order valence-corrected chi connectivity index (χ0v) is 14.2. The van der Waals surface area contributed by atoms with Gasteiger partial charge in [0.2, 0.25) is 0 Å². The van der Waals surface area contributed by atoms with Gasteiger partial charge < -0.3 is 15.2 Å². The zero-order chi connectivity index (χ0) is 16.9. The predicted octanol–water partition coefficient (Wildman–Crippen LogP) is 2.95. The summed E-state index contributed by atoms with van der Waals surface area (Å²) in [6, 6.07) is 8.54. The van der Waals surface area contributed by atoms with E-state index < -0.39 is 0 Å². The number of aliphatic hydroxyl groups is 1. The smallest absolute Gasteiger partial charge is 0.119 e. The summed E-state index contributed by atoms with van der Waals surface area (Å²) < 4.78 is 5.36. The van der Waals surface area contributed by atoms with E-state index in [1.54, 1.807) is 7.11 Å². The van der Waals surface area contributed by atoms with E-state index in [9.17, 15) is 5.11 Å². The van der Waals surface area contributed by atoms with Gasteiger partial charge in [0.15, 0.2) is 0 Å². The van der Waals surface area contributed by atoms with Crippen LogP contribution in [-0.4, -0.2) is 36.4 Å². The van der Waals surface area contributed by atoms with E-state index in [0.29, 0.717) is 17.9 Å². The molecule has 2 aromatic rings. The lowest BCUT2D eigenvalue weighted by Gasteiger charge is -2.35. The van der Waals surface area contributed by atoms with Crippen LogP contribution < -0.4 is 10.1 Å². The molecule has 1 saturated heterocycles. The lowest BCUT2D eigenvalue weighted by molar-refractivity contribution is 0.184. The maximum absolute atomic E-state index is 9.33. The van der Waals surface area contributed by atoms with Crippen LogP contribution in [0.3, 0.4) is 0 Å². The van der Waals surface area contributed by atoms with Gasteiger partial charge in [0.25, 0.3) is 0 Å². The fourth-order valence-corrected chi connectivity index (χ4v) is 3.77. The maximum atomic E-state index is 9.33. The summed E-state index contributed by atoms with van der Waals surface area (Å²) in [5.41, 5.74) is 2.29. The van der Waals surface area contributed by atoms with E-state index in [4.69, 9.17) is 4.74 Å². The Morgan fingerprint density at radius 3 is 3.04 bits per heavy atom. The Balaban J connectivity index is 1.80. The number of aromatic nitrogens is 1. The molecule has 1 aliphatic rings. The second kappa shape index (κ2) is 7.77. The Labute approximate surface area is 143 Å². The number of benzene rings is 1. The molecule has 1 fully saturated rings. The molecule has 0 spiro atoms. The molecule has 2 heterocycles. The minimum atomic E-state index is 0.247. The number of hydrogen-bond donors (Lipinski definition) is 2. The molecule has 3 rings (SSSR count). The summed E-state index contributed by atoms with van der Waals surface area (Å²) in [5, 5.41) is 14.1. The van der Waals surface area contributed by atoms with E-state index in [1.165, 1.54) is 5.56 Å². The van der Waals surface area contributed by atoms with Crippen LogP contribution in [0.4, 0.5) is 0 Å². The number of piperidine rings is 1. The van der Waals surface area contributed by atoms with Crippen LogP contribution in [0.1, 0.15) is 18.4 Å². The summed E-state index contributed by atoms with van der Waals surface area (Å²) in [5.74, 6) is 1.81. The van der Waals surface area contributed by atoms with Gasteiger partial charge in [0.1, 0.15) is 5.75 Å². The quantitative estimate of drug-likeness (QED) is 0.802. The third-order valence-electron chi connectivity index (χ3n) is 5.14. The van der Waals surface area contributed by atoms with E-state index in [-0.39, 0.29) is 6.61 Å². The molecule has 1 aromatic carbocycles. The lowest BCUT2D eigenvalue weighted by Crippen LogP contribution is -2.44. The van der Waals surface area contributed by atoms with Crippen LogP contribution in [0.5, 0.6) is 5.75 Å². The van der Waals surface area contributed by atoms with E-state index >= 15 is 0 Å². The van der Waals surface area contributed by atoms with Crippen molar-refractivity contribution in [2.45, 2.75) is 25.3 Å². The van der Waals surface area contributed by atoms with Gasteiger partial charge in [-0.3, -0.25) is 4.98 Å². The number of aliphatic hydroxyl groups excluding tert-OH is 1. The fourth-order valence-electron chi connectivity index (χ4n) is 3.77. The molecule has 0 amide bonds. The molecule has 4 heteroatoms. The molecule has 4 nitrogen and oxygen atoms in total. The Morgan fingerprint density at radius 2 is 2.29 bits per heavy atom. The average Bonchev–Trinajstić information content (AvgIpc) is 2.62. The van der Waals surface area contributed by atoms with Gasteiger partial charge in [-0.05, 0) is 60.9 Å². The van der Waals surface area contributed by atoms with Gasteiger partial charge in [-0.15, -0.1) is 6.58 Å². The van der Waals surface area contributed by atoms with Crippen LogP contribution in [0.15, 0.2) is 43.1 Å². The van der Waals surface area contributed by atoms with Gasteiger partial charge in [0, 0.05) is 30.8 Å². The number of nitrogens with one attached hydrogen (secondary N) is 1. The number of hydrogen-bond acceptors (Lipinski definition) is 4. The molecule has 0 aliphatic carbocycles. The SMILES string of the molecule is C=C[C@H]1CN[C@H](Cc2ccnc3ccc(OC)cc23)C[C@@H]1CCO. The maximum Gasteiger partial charge on any atom is 0.119 e. The number of methoxy groups -OCH3 is 1. The van der Waals surface area contributed by atoms with Crippen molar-refractivity contribution >= 4 is 10.9 Å². The zero-order valence-electron chi connectivity index (χ0n) is 14.2. The number of rotatable bonds is 6. The molecule has 0 radical (unpaired) electrons. The van der Waals surface area contributed by atoms with Crippen LogP contribution in [0.2, 0.25) is 0 Å². The Hall–Kier alpha value is -1.91. The molecule has 1 aliphatic heterocycles. The Bertz CT molecular complexity index is 701. The second-order valence-electron chi connectivity index (χ2n) is 6.57. The molecule has 2 N–H and O–H groups in total. The van der Waals surface area contributed by atoms with Crippen molar-refractivity contribution in [1.82, 2.24) is 10.3 Å². The van der Waals surface area contributed by atoms with Crippen molar-refractivity contribution < 1.29 is 9.84 Å². The standard InChI is InChI=1S/C20H26N2O2/c1-3-14-13-22-17(10-15(14)7-9-23)11-16-6-8-21-20-5-4-18(24-2)12-19(16)20/h3-6,8,12,14-15,17,22-23H,1,7,9-11,13H2,2H3/t14-,15-,17-/m0/s1. The molecule has 3 atom stereocenters. The molecular formula is C20H26N2O2. The minimum Gasteiger partial charge on any atom is -0.497 e. The van der Waals surface area contributed by atoms with Crippen molar-refractivity contribution in [2.24, 2.45) is 11.8 Å². The van der Waals surface area contributed by atoms with Crippen molar-refractivity contribution in [3.05, 3.63) is 48.7 Å². The molecule has 0 bridgehead atoms. The van der Waals surface area contributed by atoms with E-state index in [2.05, 4.69) is 29.0 Å². The van der Waals surface area contributed by atoms with Crippen LogP contribution in [-0.2, 0) is 6.42 Å². The minimum absolute atomic E-state index is 0.247. The van der Waals surface area contributed by atoms with Gasteiger partial charge in [-0.25, -0.2) is 0 Å². The van der Waals surface area contributed by atoms with Gasteiger partial charge in [-0.1, -0.05) is 6.08 Å². The first kappa shape index (κ1) is 16.9. The summed E-state index contributed by atoms with van der Waals surface area (Å²) >= 11 is 0. The highest BCUT2D eigenvalue weighted by Crippen LogP contribution is 2.29.